The number of thiophene rings is 1. The maximum absolute atomic E-state index is 5.16. The van der Waals surface area contributed by atoms with Gasteiger partial charge in [-0.05, 0) is 29.7 Å². The zero-order valence-corrected chi connectivity index (χ0v) is 22.6. The van der Waals surface area contributed by atoms with Crippen molar-refractivity contribution < 1.29 is 0 Å². The van der Waals surface area contributed by atoms with Gasteiger partial charge < -0.3 is 0 Å². The molecule has 0 unspecified atom stereocenters. The molecule has 8 aromatic rings. The lowest BCUT2D eigenvalue weighted by molar-refractivity contribution is 1.08. The molecule has 0 saturated heterocycles. The third-order valence-electron chi connectivity index (χ3n) is 7.17. The first kappa shape index (κ1) is 23.5. The molecule has 0 aliphatic heterocycles. The Bertz CT molecular complexity index is 2150. The summed E-state index contributed by atoms with van der Waals surface area (Å²) in [4.78, 5) is 24.7. The van der Waals surface area contributed by atoms with Crippen LogP contribution in [0.25, 0.3) is 76.6 Å². The largest absolute Gasteiger partial charge is 0.254 e. The van der Waals surface area contributed by atoms with E-state index in [2.05, 4.69) is 48.5 Å². The van der Waals surface area contributed by atoms with Crippen LogP contribution in [0.5, 0.6) is 0 Å². The number of hydrogen-bond acceptors (Lipinski definition) is 6. The standard InChI is InChI=1S/C35H21N5S/c1-3-10-22(11-4-1)33-38-34(23-12-5-2-6-13-23)40-35(39-33)26-16-9-17-29-31(26)32-30(41-29)19-18-27(37-32)28-20-24-14-7-8-15-25(24)21-36-28/h1-21H. The SMILES string of the molecule is c1ccc(-c2nc(-c3ccccc3)nc(-c3cccc4sc5ccc(-c6cc7ccccc7cn6)nc5c34)n2)cc1. The molecule has 0 aliphatic carbocycles. The summed E-state index contributed by atoms with van der Waals surface area (Å²) in [6.07, 6.45) is 1.91. The van der Waals surface area contributed by atoms with E-state index in [9.17, 15) is 0 Å². The first-order valence-electron chi connectivity index (χ1n) is 13.3. The third kappa shape index (κ3) is 4.22. The van der Waals surface area contributed by atoms with Crippen LogP contribution >= 0.6 is 11.3 Å². The van der Waals surface area contributed by atoms with Crippen molar-refractivity contribution in [3.05, 3.63) is 128 Å². The van der Waals surface area contributed by atoms with E-state index in [4.69, 9.17) is 24.9 Å². The first-order valence-corrected chi connectivity index (χ1v) is 14.2. The average molecular weight is 544 g/mol. The summed E-state index contributed by atoms with van der Waals surface area (Å²) >= 11 is 1.72. The fraction of sp³-hybridized carbons (Fsp3) is 0. The van der Waals surface area contributed by atoms with E-state index in [1.165, 1.54) is 0 Å². The molecule has 5 nitrogen and oxygen atoms in total. The van der Waals surface area contributed by atoms with E-state index in [1.807, 2.05) is 79.0 Å². The van der Waals surface area contributed by atoms with Gasteiger partial charge >= 0.3 is 0 Å². The van der Waals surface area contributed by atoms with Crippen molar-refractivity contribution in [3.63, 3.8) is 0 Å². The molecule has 192 valence electrons. The Kier molecular flexibility index (Phi) is 5.57. The number of aromatic nitrogens is 5. The Morgan fingerprint density at radius 1 is 0.463 bits per heavy atom. The Morgan fingerprint density at radius 2 is 1.12 bits per heavy atom. The summed E-state index contributed by atoms with van der Waals surface area (Å²) in [5.41, 5.74) is 5.43. The molecule has 0 amide bonds. The van der Waals surface area contributed by atoms with Crippen LogP contribution in [0.2, 0.25) is 0 Å². The van der Waals surface area contributed by atoms with E-state index in [0.29, 0.717) is 17.5 Å². The fourth-order valence-corrected chi connectivity index (χ4v) is 6.24. The number of nitrogens with zero attached hydrogens (tertiary/aromatic N) is 5. The Hall–Kier alpha value is -5.33. The smallest absolute Gasteiger partial charge is 0.164 e. The molecule has 4 heterocycles. The minimum Gasteiger partial charge on any atom is -0.254 e. The van der Waals surface area contributed by atoms with Crippen LogP contribution < -0.4 is 0 Å². The second-order valence-corrected chi connectivity index (χ2v) is 10.9. The Morgan fingerprint density at radius 3 is 1.85 bits per heavy atom. The predicted molar refractivity (Wildman–Crippen MR) is 168 cm³/mol. The van der Waals surface area contributed by atoms with Crippen LogP contribution in [-0.2, 0) is 0 Å². The molecule has 0 spiro atoms. The van der Waals surface area contributed by atoms with Gasteiger partial charge in [-0.2, -0.15) is 0 Å². The van der Waals surface area contributed by atoms with Crippen molar-refractivity contribution in [3.8, 4) is 45.6 Å². The molecular formula is C35H21N5S. The highest BCUT2D eigenvalue weighted by molar-refractivity contribution is 7.25. The molecule has 0 atom stereocenters. The molecule has 0 aliphatic rings. The topological polar surface area (TPSA) is 64.5 Å². The van der Waals surface area contributed by atoms with Crippen LogP contribution in [0.3, 0.4) is 0 Å². The highest BCUT2D eigenvalue weighted by Gasteiger charge is 2.18. The van der Waals surface area contributed by atoms with Crippen LogP contribution in [0, 0.1) is 0 Å². The average Bonchev–Trinajstić information content (AvgIpc) is 3.43. The van der Waals surface area contributed by atoms with E-state index >= 15 is 0 Å². The van der Waals surface area contributed by atoms with Crippen molar-refractivity contribution in [2.24, 2.45) is 0 Å². The second-order valence-electron chi connectivity index (χ2n) is 9.78. The van der Waals surface area contributed by atoms with Crippen LogP contribution in [0.1, 0.15) is 0 Å². The molecular weight excluding hydrogens is 522 g/mol. The van der Waals surface area contributed by atoms with Gasteiger partial charge in [0, 0.05) is 38.4 Å². The Balaban J connectivity index is 1.35. The molecule has 0 saturated carbocycles. The van der Waals surface area contributed by atoms with Gasteiger partial charge in [0.1, 0.15) is 0 Å². The molecule has 6 heteroatoms. The summed E-state index contributed by atoms with van der Waals surface area (Å²) < 4.78 is 2.24. The van der Waals surface area contributed by atoms with Crippen molar-refractivity contribution in [2.75, 3.05) is 0 Å². The second kappa shape index (κ2) is 9.70. The molecule has 4 aromatic heterocycles. The van der Waals surface area contributed by atoms with E-state index < -0.39 is 0 Å². The molecule has 8 rings (SSSR count). The number of pyridine rings is 2. The van der Waals surface area contributed by atoms with Gasteiger partial charge in [-0.1, -0.05) is 97.1 Å². The normalized spacial score (nSPS) is 11.4. The van der Waals surface area contributed by atoms with Crippen molar-refractivity contribution in [2.45, 2.75) is 0 Å². The lowest BCUT2D eigenvalue weighted by Gasteiger charge is -2.09. The monoisotopic (exact) mass is 543 g/mol. The molecule has 0 fully saturated rings. The summed E-state index contributed by atoms with van der Waals surface area (Å²) in [5.74, 6) is 1.90. The summed E-state index contributed by atoms with van der Waals surface area (Å²) in [6.45, 7) is 0. The maximum atomic E-state index is 5.16. The van der Waals surface area contributed by atoms with Gasteiger partial charge in [0.05, 0.1) is 21.6 Å². The molecule has 41 heavy (non-hydrogen) atoms. The fourth-order valence-electron chi connectivity index (χ4n) is 5.17. The van der Waals surface area contributed by atoms with Gasteiger partial charge in [0.15, 0.2) is 17.5 Å². The quantitative estimate of drug-likeness (QED) is 0.222. The maximum Gasteiger partial charge on any atom is 0.164 e. The molecule has 0 N–H and O–H groups in total. The van der Waals surface area contributed by atoms with Crippen LogP contribution in [0.15, 0.2) is 128 Å². The number of hydrogen-bond donors (Lipinski definition) is 0. The van der Waals surface area contributed by atoms with Crippen molar-refractivity contribution >= 4 is 42.4 Å². The van der Waals surface area contributed by atoms with Gasteiger partial charge in [-0.3, -0.25) is 4.98 Å². The minimum absolute atomic E-state index is 0.624. The summed E-state index contributed by atoms with van der Waals surface area (Å²) in [7, 11) is 0. The third-order valence-corrected chi connectivity index (χ3v) is 8.28. The highest BCUT2D eigenvalue weighted by atomic mass is 32.1. The zero-order valence-electron chi connectivity index (χ0n) is 21.8. The Labute approximate surface area is 239 Å². The first-order chi connectivity index (χ1) is 20.3. The predicted octanol–water partition coefficient (Wildman–Crippen LogP) is 8.85. The van der Waals surface area contributed by atoms with E-state index in [1.54, 1.807) is 11.3 Å². The van der Waals surface area contributed by atoms with E-state index in [0.717, 1.165) is 59.2 Å². The van der Waals surface area contributed by atoms with Gasteiger partial charge in [-0.25, -0.2) is 19.9 Å². The summed E-state index contributed by atoms with van der Waals surface area (Å²) in [6, 6.07) is 40.9. The molecule has 4 aromatic carbocycles. The molecule has 0 bridgehead atoms. The summed E-state index contributed by atoms with van der Waals surface area (Å²) in [5, 5.41) is 3.29. The van der Waals surface area contributed by atoms with Crippen LogP contribution in [-0.4, -0.2) is 24.9 Å². The highest BCUT2D eigenvalue weighted by Crippen LogP contribution is 2.39. The number of benzene rings is 4. The number of rotatable bonds is 4. The van der Waals surface area contributed by atoms with Crippen LogP contribution in [0.4, 0.5) is 0 Å². The lowest BCUT2D eigenvalue weighted by Crippen LogP contribution is -2.00. The number of fused-ring (bicyclic) bond motifs is 4. The van der Waals surface area contributed by atoms with Gasteiger partial charge in [0.25, 0.3) is 0 Å². The van der Waals surface area contributed by atoms with Crippen molar-refractivity contribution in [1.82, 2.24) is 24.9 Å². The zero-order chi connectivity index (χ0) is 27.2. The lowest BCUT2D eigenvalue weighted by atomic mass is 10.1. The van der Waals surface area contributed by atoms with Crippen molar-refractivity contribution in [1.29, 1.82) is 0 Å². The minimum atomic E-state index is 0.624. The van der Waals surface area contributed by atoms with Gasteiger partial charge in [-0.15, -0.1) is 11.3 Å². The van der Waals surface area contributed by atoms with Gasteiger partial charge in [0.2, 0.25) is 0 Å². The van der Waals surface area contributed by atoms with E-state index in [-0.39, 0.29) is 0 Å². The molecule has 0 radical (unpaired) electrons.